The highest BCUT2D eigenvalue weighted by Crippen LogP contribution is 2.40. The Morgan fingerprint density at radius 2 is 1.69 bits per heavy atom. The second-order valence-electron chi connectivity index (χ2n) is 8.50. The third-order valence-electron chi connectivity index (χ3n) is 6.17. The van der Waals surface area contributed by atoms with E-state index in [1.807, 2.05) is 26.0 Å². The van der Waals surface area contributed by atoms with Gasteiger partial charge >= 0.3 is 5.97 Å². The molecule has 2 fully saturated rings. The summed E-state index contributed by atoms with van der Waals surface area (Å²) < 4.78 is 5.15. The van der Waals surface area contributed by atoms with Gasteiger partial charge in [-0.25, -0.2) is 4.79 Å². The normalized spacial score (nSPS) is 20.1. The van der Waals surface area contributed by atoms with Gasteiger partial charge in [0.1, 0.15) is 0 Å². The molecule has 166 valence electrons. The van der Waals surface area contributed by atoms with E-state index >= 15 is 0 Å². The Labute approximate surface area is 186 Å². The van der Waals surface area contributed by atoms with Crippen molar-refractivity contribution in [3.8, 4) is 0 Å². The van der Waals surface area contributed by atoms with Crippen LogP contribution in [0.25, 0.3) is 0 Å². The molecule has 7 nitrogen and oxygen atoms in total. The van der Waals surface area contributed by atoms with Gasteiger partial charge in [0, 0.05) is 5.69 Å². The van der Waals surface area contributed by atoms with E-state index in [1.54, 1.807) is 18.2 Å². The Morgan fingerprint density at radius 1 is 1.00 bits per heavy atom. The number of carbonyl (C=O) groups excluding carboxylic acids is 4. The number of ether oxygens (including phenoxy) is 1. The van der Waals surface area contributed by atoms with E-state index in [1.165, 1.54) is 17.0 Å². The van der Waals surface area contributed by atoms with Gasteiger partial charge in [-0.05, 0) is 56.5 Å². The smallest absolute Gasteiger partial charge is 0.338 e. The number of imide groups is 1. The van der Waals surface area contributed by atoms with Crippen molar-refractivity contribution in [2.75, 3.05) is 16.8 Å². The lowest BCUT2D eigenvalue weighted by Gasteiger charge is -2.19. The Hall–Kier alpha value is -3.48. The van der Waals surface area contributed by atoms with Crippen LogP contribution < -0.4 is 10.2 Å². The van der Waals surface area contributed by atoms with Crippen LogP contribution in [0.1, 0.15) is 47.2 Å². The number of hydrogen-bond donors (Lipinski definition) is 1. The number of nitrogens with zero attached hydrogens (tertiary/aromatic N) is 1. The van der Waals surface area contributed by atoms with Crippen molar-refractivity contribution in [2.24, 2.45) is 11.8 Å². The highest BCUT2D eigenvalue weighted by Gasteiger charge is 2.48. The summed E-state index contributed by atoms with van der Waals surface area (Å²) in [6.45, 7) is 3.41. The number of benzene rings is 2. The van der Waals surface area contributed by atoms with Crippen LogP contribution in [0.2, 0.25) is 0 Å². The van der Waals surface area contributed by atoms with Gasteiger partial charge in [-0.15, -0.1) is 0 Å². The van der Waals surface area contributed by atoms with Crippen molar-refractivity contribution in [3.05, 3.63) is 59.2 Å². The molecule has 1 aliphatic carbocycles. The van der Waals surface area contributed by atoms with E-state index in [0.29, 0.717) is 11.4 Å². The number of esters is 1. The quantitative estimate of drug-likeness (QED) is 0.571. The Balaban J connectivity index is 1.41. The summed E-state index contributed by atoms with van der Waals surface area (Å²) in [4.78, 5) is 51.5. The molecule has 0 unspecified atom stereocenters. The van der Waals surface area contributed by atoms with Gasteiger partial charge in [0.15, 0.2) is 6.61 Å². The summed E-state index contributed by atoms with van der Waals surface area (Å²) in [5.41, 5.74) is 3.20. The van der Waals surface area contributed by atoms with Crippen LogP contribution in [-0.4, -0.2) is 30.3 Å². The molecule has 1 saturated carbocycles. The second-order valence-corrected chi connectivity index (χ2v) is 8.50. The van der Waals surface area contributed by atoms with E-state index in [2.05, 4.69) is 5.32 Å². The van der Waals surface area contributed by atoms with E-state index in [4.69, 9.17) is 4.74 Å². The van der Waals surface area contributed by atoms with Gasteiger partial charge in [-0.1, -0.05) is 36.6 Å². The van der Waals surface area contributed by atoms with Gasteiger partial charge in [0.05, 0.1) is 23.1 Å². The van der Waals surface area contributed by atoms with Crippen molar-refractivity contribution in [2.45, 2.75) is 39.5 Å². The van der Waals surface area contributed by atoms with E-state index in [-0.39, 0.29) is 29.2 Å². The molecule has 2 atom stereocenters. The fourth-order valence-electron chi connectivity index (χ4n) is 4.54. The van der Waals surface area contributed by atoms with Crippen LogP contribution in [0.5, 0.6) is 0 Å². The summed E-state index contributed by atoms with van der Waals surface area (Å²) in [6, 6.07) is 11.9. The minimum Gasteiger partial charge on any atom is -0.452 e. The predicted molar refractivity (Wildman–Crippen MR) is 119 cm³/mol. The standard InChI is InChI=1S/C25H26N2O5/c1-15-10-11-21(16(2)12-15)26-22(28)14-32-25(31)17-6-5-7-18(13-17)27-23(29)19-8-3-4-9-20(19)24(27)30/h5-7,10-13,19-20H,3-4,8-9,14H2,1-2H3,(H,26,28)/t19-,20+. The van der Waals surface area contributed by atoms with E-state index < -0.39 is 18.5 Å². The van der Waals surface area contributed by atoms with Crippen molar-refractivity contribution in [1.29, 1.82) is 0 Å². The highest BCUT2D eigenvalue weighted by molar-refractivity contribution is 6.22. The molecule has 0 radical (unpaired) electrons. The maximum Gasteiger partial charge on any atom is 0.338 e. The molecule has 32 heavy (non-hydrogen) atoms. The van der Waals surface area contributed by atoms with Crippen molar-refractivity contribution >= 4 is 35.1 Å². The minimum absolute atomic E-state index is 0.178. The van der Waals surface area contributed by atoms with Gasteiger partial charge in [-0.3, -0.25) is 19.3 Å². The van der Waals surface area contributed by atoms with Gasteiger partial charge in [0.25, 0.3) is 5.91 Å². The molecule has 0 spiro atoms. The van der Waals surface area contributed by atoms with Crippen LogP contribution in [-0.2, 0) is 19.1 Å². The molecule has 1 aliphatic heterocycles. The summed E-state index contributed by atoms with van der Waals surface area (Å²) in [5.74, 6) is -2.06. The summed E-state index contributed by atoms with van der Waals surface area (Å²) in [7, 11) is 0. The molecule has 1 saturated heterocycles. The topological polar surface area (TPSA) is 92.8 Å². The number of nitrogens with one attached hydrogen (secondary N) is 1. The number of carbonyl (C=O) groups is 4. The first kappa shape index (κ1) is 21.7. The predicted octanol–water partition coefficient (Wildman–Crippen LogP) is 3.78. The average Bonchev–Trinajstić information content (AvgIpc) is 3.04. The fourth-order valence-corrected chi connectivity index (χ4v) is 4.54. The first-order valence-electron chi connectivity index (χ1n) is 10.9. The van der Waals surface area contributed by atoms with Crippen LogP contribution in [0.15, 0.2) is 42.5 Å². The second kappa shape index (κ2) is 8.94. The van der Waals surface area contributed by atoms with Gasteiger partial charge in [-0.2, -0.15) is 0 Å². The zero-order valence-electron chi connectivity index (χ0n) is 18.2. The third-order valence-corrected chi connectivity index (χ3v) is 6.17. The molecular formula is C25H26N2O5. The number of fused-ring (bicyclic) bond motifs is 1. The Bertz CT molecular complexity index is 1070. The highest BCUT2D eigenvalue weighted by atomic mass is 16.5. The summed E-state index contributed by atoms with van der Waals surface area (Å²) >= 11 is 0. The van der Waals surface area contributed by atoms with Crippen molar-refractivity contribution in [3.63, 3.8) is 0 Å². The summed E-state index contributed by atoms with van der Waals surface area (Å²) in [6.07, 6.45) is 3.35. The fraction of sp³-hybridized carbons (Fsp3) is 0.360. The molecule has 1 N–H and O–H groups in total. The first-order valence-corrected chi connectivity index (χ1v) is 10.9. The molecule has 0 bridgehead atoms. The zero-order chi connectivity index (χ0) is 22.8. The van der Waals surface area contributed by atoms with Crippen LogP contribution in [0, 0.1) is 25.7 Å². The molecule has 2 aliphatic rings. The maximum atomic E-state index is 12.8. The van der Waals surface area contributed by atoms with E-state index in [0.717, 1.165) is 36.8 Å². The molecule has 1 heterocycles. The lowest BCUT2D eigenvalue weighted by atomic mass is 9.81. The number of rotatable bonds is 5. The molecule has 4 rings (SSSR count). The maximum absolute atomic E-state index is 12.8. The largest absolute Gasteiger partial charge is 0.452 e. The van der Waals surface area contributed by atoms with Gasteiger partial charge < -0.3 is 10.1 Å². The van der Waals surface area contributed by atoms with Crippen LogP contribution in [0.3, 0.4) is 0 Å². The number of aryl methyl sites for hydroxylation is 2. The number of hydrogen-bond acceptors (Lipinski definition) is 5. The monoisotopic (exact) mass is 434 g/mol. The van der Waals surface area contributed by atoms with Crippen LogP contribution in [0.4, 0.5) is 11.4 Å². The van der Waals surface area contributed by atoms with Crippen molar-refractivity contribution in [1.82, 2.24) is 0 Å². The molecule has 3 amide bonds. The Morgan fingerprint density at radius 3 is 2.34 bits per heavy atom. The van der Waals surface area contributed by atoms with Crippen molar-refractivity contribution < 1.29 is 23.9 Å². The number of amides is 3. The van der Waals surface area contributed by atoms with E-state index in [9.17, 15) is 19.2 Å². The van der Waals surface area contributed by atoms with Gasteiger partial charge in [0.2, 0.25) is 11.8 Å². The molecular weight excluding hydrogens is 408 g/mol. The molecule has 2 aromatic carbocycles. The third kappa shape index (κ3) is 4.28. The van der Waals surface area contributed by atoms with Crippen LogP contribution >= 0.6 is 0 Å². The zero-order valence-corrected chi connectivity index (χ0v) is 18.2. The molecule has 0 aromatic heterocycles. The molecule has 7 heteroatoms. The Kier molecular flexibility index (Phi) is 6.08. The lowest BCUT2D eigenvalue weighted by Crippen LogP contribution is -2.31. The lowest BCUT2D eigenvalue weighted by molar-refractivity contribution is -0.122. The average molecular weight is 434 g/mol. The minimum atomic E-state index is -0.695. The summed E-state index contributed by atoms with van der Waals surface area (Å²) in [5, 5.41) is 2.73. The SMILES string of the molecule is Cc1ccc(NC(=O)COC(=O)c2cccc(N3C(=O)[C@H]4CCCC[C@H]4C3=O)c2)c(C)c1. The first-order chi connectivity index (χ1) is 15.3. The molecule has 2 aromatic rings. The number of anilines is 2.